The fourth-order valence-corrected chi connectivity index (χ4v) is 2.77. The van der Waals surface area contributed by atoms with E-state index >= 15 is 0 Å². The van der Waals surface area contributed by atoms with Gasteiger partial charge in [0, 0.05) is 6.04 Å². The van der Waals surface area contributed by atoms with Gasteiger partial charge >= 0.3 is 0 Å². The van der Waals surface area contributed by atoms with Crippen LogP contribution in [0.4, 0.5) is 0 Å². The standard InChI is InChI=1S/C19H27NO2/c1-16(2)14-18(21)9-7-13-20-12-6-8-17(20)15-22-19-10-4-3-5-11-19/h3-5,10-11,16-18,21H,6,8,12-15H2,1-2H3/t17-,18-/m0/s1. The fraction of sp³-hybridized carbons (Fsp3) is 0.579. The Bertz CT molecular complexity index is 489. The van der Waals surface area contributed by atoms with E-state index in [0.29, 0.717) is 18.6 Å². The normalized spacial score (nSPS) is 19.7. The molecule has 0 bridgehead atoms. The second-order valence-corrected chi connectivity index (χ2v) is 6.36. The van der Waals surface area contributed by atoms with E-state index in [-0.39, 0.29) is 0 Å². The number of likely N-dealkylation sites (tertiary alicyclic amines) is 1. The van der Waals surface area contributed by atoms with E-state index in [0.717, 1.165) is 31.7 Å². The van der Waals surface area contributed by atoms with Crippen molar-refractivity contribution in [2.24, 2.45) is 5.92 Å². The van der Waals surface area contributed by atoms with Gasteiger partial charge in [-0.15, -0.1) is 0 Å². The van der Waals surface area contributed by atoms with Gasteiger partial charge < -0.3 is 9.84 Å². The number of aliphatic hydroxyl groups is 1. The number of aliphatic hydroxyl groups excluding tert-OH is 1. The van der Waals surface area contributed by atoms with Crippen LogP contribution in [0.25, 0.3) is 0 Å². The number of rotatable bonds is 6. The molecule has 120 valence electrons. The van der Waals surface area contributed by atoms with Crippen LogP contribution in [-0.4, -0.2) is 41.8 Å². The first-order chi connectivity index (χ1) is 10.6. The Kier molecular flexibility index (Phi) is 6.76. The van der Waals surface area contributed by atoms with E-state index in [9.17, 15) is 5.11 Å². The van der Waals surface area contributed by atoms with Crippen LogP contribution in [0, 0.1) is 17.8 Å². The Hall–Kier alpha value is -1.50. The lowest BCUT2D eigenvalue weighted by Gasteiger charge is -2.22. The summed E-state index contributed by atoms with van der Waals surface area (Å²) in [4.78, 5) is 2.36. The van der Waals surface area contributed by atoms with Gasteiger partial charge in [0.05, 0.1) is 6.54 Å². The minimum absolute atomic E-state index is 0.428. The second-order valence-electron chi connectivity index (χ2n) is 6.36. The summed E-state index contributed by atoms with van der Waals surface area (Å²) in [5.41, 5.74) is 0. The summed E-state index contributed by atoms with van der Waals surface area (Å²) in [7, 11) is 0. The maximum atomic E-state index is 9.79. The molecule has 3 nitrogen and oxygen atoms in total. The molecular formula is C19H27NO2. The Morgan fingerprint density at radius 1 is 1.32 bits per heavy atom. The highest BCUT2D eigenvalue weighted by atomic mass is 16.5. The van der Waals surface area contributed by atoms with Gasteiger partial charge in [-0.3, -0.25) is 4.90 Å². The number of ether oxygens (including phenoxy) is 1. The van der Waals surface area contributed by atoms with Gasteiger partial charge in [-0.05, 0) is 43.9 Å². The van der Waals surface area contributed by atoms with Gasteiger partial charge in [0.25, 0.3) is 0 Å². The molecule has 0 radical (unpaired) electrons. The Morgan fingerprint density at radius 3 is 2.82 bits per heavy atom. The van der Waals surface area contributed by atoms with Crippen molar-refractivity contribution in [2.75, 3.05) is 19.7 Å². The van der Waals surface area contributed by atoms with Gasteiger partial charge in [0.1, 0.15) is 18.5 Å². The van der Waals surface area contributed by atoms with Crippen LogP contribution in [0.2, 0.25) is 0 Å². The Morgan fingerprint density at radius 2 is 2.09 bits per heavy atom. The molecule has 1 aromatic carbocycles. The van der Waals surface area contributed by atoms with Crippen molar-refractivity contribution in [3.05, 3.63) is 30.3 Å². The summed E-state index contributed by atoms with van der Waals surface area (Å²) in [6.45, 7) is 6.70. The molecule has 1 aromatic rings. The monoisotopic (exact) mass is 301 g/mol. The Labute approximate surface area is 134 Å². The third-order valence-corrected chi connectivity index (χ3v) is 3.93. The lowest BCUT2D eigenvalue weighted by atomic mass is 10.1. The van der Waals surface area contributed by atoms with E-state index in [1.54, 1.807) is 0 Å². The van der Waals surface area contributed by atoms with Crippen LogP contribution >= 0.6 is 0 Å². The van der Waals surface area contributed by atoms with Crippen molar-refractivity contribution in [1.82, 2.24) is 4.90 Å². The third kappa shape index (κ3) is 5.71. The summed E-state index contributed by atoms with van der Waals surface area (Å²) in [5.74, 6) is 7.49. The molecule has 1 saturated heterocycles. The number of hydrogen-bond acceptors (Lipinski definition) is 3. The van der Waals surface area contributed by atoms with Crippen molar-refractivity contribution in [1.29, 1.82) is 0 Å². The van der Waals surface area contributed by atoms with Crippen LogP contribution in [-0.2, 0) is 0 Å². The lowest BCUT2D eigenvalue weighted by Crippen LogP contribution is -2.34. The van der Waals surface area contributed by atoms with E-state index in [2.05, 4.69) is 30.6 Å². The molecule has 0 saturated carbocycles. The summed E-state index contributed by atoms with van der Waals surface area (Å²) < 4.78 is 5.86. The van der Waals surface area contributed by atoms with Crippen LogP contribution < -0.4 is 4.74 Å². The molecule has 1 fully saturated rings. The minimum Gasteiger partial charge on any atom is -0.492 e. The smallest absolute Gasteiger partial charge is 0.119 e. The van der Waals surface area contributed by atoms with Crippen molar-refractivity contribution in [3.8, 4) is 17.6 Å². The maximum absolute atomic E-state index is 9.79. The predicted molar refractivity (Wildman–Crippen MR) is 89.8 cm³/mol. The topological polar surface area (TPSA) is 32.7 Å². The first-order valence-electron chi connectivity index (χ1n) is 8.23. The van der Waals surface area contributed by atoms with Crippen molar-refractivity contribution in [3.63, 3.8) is 0 Å². The predicted octanol–water partition coefficient (Wildman–Crippen LogP) is 2.94. The average molecular weight is 301 g/mol. The average Bonchev–Trinajstić information content (AvgIpc) is 2.93. The van der Waals surface area contributed by atoms with Gasteiger partial charge in [-0.1, -0.05) is 43.9 Å². The Balaban J connectivity index is 1.77. The van der Waals surface area contributed by atoms with Crippen LogP contribution in [0.3, 0.4) is 0 Å². The minimum atomic E-state index is -0.498. The summed E-state index contributed by atoms with van der Waals surface area (Å²) in [5, 5.41) is 9.79. The lowest BCUT2D eigenvalue weighted by molar-refractivity contribution is 0.186. The van der Waals surface area contributed by atoms with E-state index in [4.69, 9.17) is 4.74 Å². The highest BCUT2D eigenvalue weighted by Gasteiger charge is 2.24. The number of para-hydroxylation sites is 1. The van der Waals surface area contributed by atoms with Crippen molar-refractivity contribution >= 4 is 0 Å². The maximum Gasteiger partial charge on any atom is 0.119 e. The molecular weight excluding hydrogens is 274 g/mol. The molecule has 0 aliphatic carbocycles. The molecule has 1 N–H and O–H groups in total. The molecule has 1 heterocycles. The number of hydrogen-bond donors (Lipinski definition) is 1. The molecule has 1 aliphatic heterocycles. The summed E-state index contributed by atoms with van der Waals surface area (Å²) >= 11 is 0. The van der Waals surface area contributed by atoms with Crippen molar-refractivity contribution in [2.45, 2.75) is 45.3 Å². The third-order valence-electron chi connectivity index (χ3n) is 3.93. The molecule has 0 aromatic heterocycles. The van der Waals surface area contributed by atoms with Gasteiger partial charge in [0.15, 0.2) is 0 Å². The molecule has 2 rings (SSSR count). The highest BCUT2D eigenvalue weighted by molar-refractivity contribution is 5.21. The first kappa shape index (κ1) is 16.9. The molecule has 0 unspecified atom stereocenters. The zero-order valence-electron chi connectivity index (χ0n) is 13.7. The summed E-state index contributed by atoms with van der Waals surface area (Å²) in [6, 6.07) is 10.4. The van der Waals surface area contributed by atoms with E-state index in [1.165, 1.54) is 6.42 Å². The van der Waals surface area contributed by atoms with Crippen LogP contribution in [0.15, 0.2) is 30.3 Å². The van der Waals surface area contributed by atoms with Gasteiger partial charge in [-0.25, -0.2) is 0 Å². The number of benzene rings is 1. The van der Waals surface area contributed by atoms with E-state index < -0.39 is 6.10 Å². The first-order valence-corrected chi connectivity index (χ1v) is 8.23. The molecule has 3 heteroatoms. The largest absolute Gasteiger partial charge is 0.492 e. The number of nitrogens with zero attached hydrogens (tertiary/aromatic N) is 1. The quantitative estimate of drug-likeness (QED) is 0.820. The fourth-order valence-electron chi connectivity index (χ4n) is 2.77. The molecule has 22 heavy (non-hydrogen) atoms. The summed E-state index contributed by atoms with van der Waals surface area (Å²) in [6.07, 6.45) is 2.59. The molecule has 0 amide bonds. The molecule has 0 spiro atoms. The van der Waals surface area contributed by atoms with Gasteiger partial charge in [-0.2, -0.15) is 0 Å². The zero-order chi connectivity index (χ0) is 15.8. The highest BCUT2D eigenvalue weighted by Crippen LogP contribution is 2.18. The van der Waals surface area contributed by atoms with Crippen molar-refractivity contribution < 1.29 is 9.84 Å². The molecule has 1 aliphatic rings. The van der Waals surface area contributed by atoms with E-state index in [1.807, 2.05) is 30.3 Å². The zero-order valence-corrected chi connectivity index (χ0v) is 13.7. The van der Waals surface area contributed by atoms with Gasteiger partial charge in [0.2, 0.25) is 0 Å². The SMILES string of the molecule is CC(C)C[C@@H](O)C#CCN1CCC[C@H]1COc1ccccc1. The van der Waals surface area contributed by atoms with Crippen LogP contribution in [0.1, 0.15) is 33.1 Å². The second kappa shape index (κ2) is 8.82. The molecule has 2 atom stereocenters. The van der Waals surface area contributed by atoms with Crippen LogP contribution in [0.5, 0.6) is 5.75 Å².